The first-order valence-electron chi connectivity index (χ1n) is 18.7. The van der Waals surface area contributed by atoms with Crippen molar-refractivity contribution in [3.8, 4) is 0 Å². The standard InChI is InChI=1S/C36H71NO8/c1-3-5-7-9-11-13-14-15-16-18-19-21-23-25-30(39)29(28-44-36-35(43)34(42)33(41)31(27-38)45-36)37-32(40)26-24-22-20-17-12-10-8-6-4-2/h29-31,33-36,38-39,41-43H,3-28H2,1-2H3,(H,37,40)/t29-,30+,31+,33-,34?,35?,36+/m0/s1. The number of carbonyl (C=O) groups excluding carboxylic acids is 1. The molecule has 2 unspecified atom stereocenters. The number of ether oxygens (including phenoxy) is 2. The summed E-state index contributed by atoms with van der Waals surface area (Å²) in [5, 5.41) is 53.9. The van der Waals surface area contributed by atoms with Crippen LogP contribution in [0.3, 0.4) is 0 Å². The van der Waals surface area contributed by atoms with Crippen LogP contribution in [0.25, 0.3) is 0 Å². The lowest BCUT2D eigenvalue weighted by Gasteiger charge is -2.40. The monoisotopic (exact) mass is 646 g/mol. The minimum absolute atomic E-state index is 0.133. The molecule has 9 nitrogen and oxygen atoms in total. The molecule has 0 aromatic rings. The largest absolute Gasteiger partial charge is 0.394 e. The Bertz CT molecular complexity index is 681. The molecule has 268 valence electrons. The van der Waals surface area contributed by atoms with Crippen molar-refractivity contribution in [1.82, 2.24) is 5.32 Å². The lowest BCUT2D eigenvalue weighted by atomic mass is 9.99. The molecule has 1 amide bonds. The average molecular weight is 646 g/mol. The number of aliphatic hydroxyl groups is 5. The summed E-state index contributed by atoms with van der Waals surface area (Å²) >= 11 is 0. The molecule has 0 aromatic carbocycles. The van der Waals surface area contributed by atoms with Crippen LogP contribution in [0.2, 0.25) is 0 Å². The third kappa shape index (κ3) is 20.2. The van der Waals surface area contributed by atoms with Gasteiger partial charge in [0.1, 0.15) is 24.4 Å². The number of hydrogen-bond acceptors (Lipinski definition) is 8. The van der Waals surface area contributed by atoms with E-state index in [-0.39, 0.29) is 12.5 Å². The van der Waals surface area contributed by atoms with Crippen molar-refractivity contribution in [2.75, 3.05) is 13.2 Å². The summed E-state index contributed by atoms with van der Waals surface area (Å²) in [5.41, 5.74) is 0. The predicted molar refractivity (Wildman–Crippen MR) is 180 cm³/mol. The van der Waals surface area contributed by atoms with Crippen molar-refractivity contribution in [2.45, 2.75) is 211 Å². The van der Waals surface area contributed by atoms with Crippen LogP contribution < -0.4 is 5.32 Å². The maximum Gasteiger partial charge on any atom is 0.220 e. The van der Waals surface area contributed by atoms with Crippen LogP contribution in [0.1, 0.15) is 168 Å². The maximum atomic E-state index is 12.8. The summed E-state index contributed by atoms with van der Waals surface area (Å²) in [6, 6.07) is -0.708. The minimum atomic E-state index is -1.55. The average Bonchev–Trinajstić information content (AvgIpc) is 3.04. The van der Waals surface area contributed by atoms with E-state index in [0.29, 0.717) is 12.8 Å². The van der Waals surface area contributed by atoms with Gasteiger partial charge in [0.05, 0.1) is 25.4 Å². The highest BCUT2D eigenvalue weighted by atomic mass is 16.7. The number of aliphatic hydroxyl groups excluding tert-OH is 5. The van der Waals surface area contributed by atoms with Gasteiger partial charge in [0.2, 0.25) is 5.91 Å². The fourth-order valence-electron chi connectivity index (χ4n) is 6.10. The number of rotatable bonds is 30. The summed E-state index contributed by atoms with van der Waals surface area (Å²) < 4.78 is 11.2. The summed E-state index contributed by atoms with van der Waals surface area (Å²) in [5.74, 6) is -0.148. The molecule has 7 atom stereocenters. The summed E-state index contributed by atoms with van der Waals surface area (Å²) in [6.07, 6.45) is 19.7. The van der Waals surface area contributed by atoms with E-state index in [1.54, 1.807) is 0 Å². The van der Waals surface area contributed by atoms with Gasteiger partial charge in [-0.25, -0.2) is 0 Å². The SMILES string of the molecule is CCCCCCCCCCCCCCC[C@@H](O)[C@H](CO[C@@H]1O[C@H](CO)[C@H](O)C(O)C1O)NC(=O)CCCCCCCCCCC. The molecule has 0 radical (unpaired) electrons. The Morgan fingerprint density at radius 2 is 1.11 bits per heavy atom. The van der Waals surface area contributed by atoms with Crippen LogP contribution in [0.15, 0.2) is 0 Å². The van der Waals surface area contributed by atoms with E-state index >= 15 is 0 Å². The highest BCUT2D eigenvalue weighted by Gasteiger charge is 2.44. The van der Waals surface area contributed by atoms with Crippen molar-refractivity contribution in [3.05, 3.63) is 0 Å². The molecule has 9 heteroatoms. The zero-order valence-electron chi connectivity index (χ0n) is 28.9. The van der Waals surface area contributed by atoms with E-state index in [9.17, 15) is 30.3 Å². The fourth-order valence-corrected chi connectivity index (χ4v) is 6.10. The van der Waals surface area contributed by atoms with Gasteiger partial charge >= 0.3 is 0 Å². The molecular weight excluding hydrogens is 574 g/mol. The maximum absolute atomic E-state index is 12.8. The van der Waals surface area contributed by atoms with Crippen LogP contribution in [0.5, 0.6) is 0 Å². The van der Waals surface area contributed by atoms with E-state index in [0.717, 1.165) is 38.5 Å². The van der Waals surface area contributed by atoms with Gasteiger partial charge in [-0.2, -0.15) is 0 Å². The predicted octanol–water partition coefficient (Wildman–Crippen LogP) is 6.05. The van der Waals surface area contributed by atoms with Crippen molar-refractivity contribution in [3.63, 3.8) is 0 Å². The minimum Gasteiger partial charge on any atom is -0.394 e. The molecule has 1 aliphatic rings. The molecule has 6 N–H and O–H groups in total. The molecule has 45 heavy (non-hydrogen) atoms. The van der Waals surface area contributed by atoms with Crippen molar-refractivity contribution >= 4 is 5.91 Å². The fraction of sp³-hybridized carbons (Fsp3) is 0.972. The van der Waals surface area contributed by atoms with Gasteiger partial charge < -0.3 is 40.3 Å². The molecule has 0 aliphatic carbocycles. The molecular formula is C36H71NO8. The quantitative estimate of drug-likeness (QED) is 0.0517. The van der Waals surface area contributed by atoms with Crippen LogP contribution >= 0.6 is 0 Å². The highest BCUT2D eigenvalue weighted by Crippen LogP contribution is 2.23. The van der Waals surface area contributed by atoms with Gasteiger partial charge in [0.15, 0.2) is 6.29 Å². The van der Waals surface area contributed by atoms with Gasteiger partial charge in [-0.3, -0.25) is 4.79 Å². The number of nitrogens with one attached hydrogen (secondary N) is 1. The number of unbranched alkanes of at least 4 members (excludes halogenated alkanes) is 20. The van der Waals surface area contributed by atoms with Gasteiger partial charge in [-0.1, -0.05) is 149 Å². The summed E-state index contributed by atoms with van der Waals surface area (Å²) in [6.45, 7) is 3.78. The van der Waals surface area contributed by atoms with E-state index < -0.39 is 49.5 Å². The number of carbonyl (C=O) groups is 1. The first kappa shape index (κ1) is 42.2. The van der Waals surface area contributed by atoms with Gasteiger partial charge in [0, 0.05) is 6.42 Å². The van der Waals surface area contributed by atoms with Crippen LogP contribution in [0.4, 0.5) is 0 Å². The molecule has 0 bridgehead atoms. The Labute approximate surface area is 274 Å². The van der Waals surface area contributed by atoms with Gasteiger partial charge in [-0.05, 0) is 12.8 Å². The number of amides is 1. The number of hydrogen-bond donors (Lipinski definition) is 6. The van der Waals surface area contributed by atoms with Gasteiger partial charge in [-0.15, -0.1) is 0 Å². The van der Waals surface area contributed by atoms with Crippen molar-refractivity contribution in [2.24, 2.45) is 0 Å². The molecule has 0 aromatic heterocycles. The van der Waals surface area contributed by atoms with E-state index in [1.807, 2.05) is 0 Å². The first-order valence-corrected chi connectivity index (χ1v) is 18.7. The van der Waals surface area contributed by atoms with Crippen molar-refractivity contribution < 1.29 is 39.8 Å². The third-order valence-corrected chi connectivity index (χ3v) is 9.21. The normalized spacial score (nSPS) is 23.2. The summed E-state index contributed by atoms with van der Waals surface area (Å²) in [4.78, 5) is 12.8. The van der Waals surface area contributed by atoms with Crippen LogP contribution in [-0.4, -0.2) is 87.5 Å². The molecule has 1 saturated heterocycles. The Hall–Kier alpha value is -0.810. The smallest absolute Gasteiger partial charge is 0.220 e. The molecule has 1 rings (SSSR count). The molecule has 0 saturated carbocycles. The highest BCUT2D eigenvalue weighted by molar-refractivity contribution is 5.76. The second-order valence-corrected chi connectivity index (χ2v) is 13.4. The first-order chi connectivity index (χ1) is 21.8. The molecule has 1 heterocycles. The molecule has 0 spiro atoms. The van der Waals surface area contributed by atoms with E-state index in [4.69, 9.17) is 9.47 Å². The Kier molecular flexibility index (Phi) is 26.5. The zero-order valence-corrected chi connectivity index (χ0v) is 28.9. The topological polar surface area (TPSA) is 149 Å². The van der Waals surface area contributed by atoms with E-state index in [2.05, 4.69) is 19.2 Å². The Morgan fingerprint density at radius 1 is 0.667 bits per heavy atom. The molecule has 1 fully saturated rings. The Balaban J connectivity index is 2.43. The third-order valence-electron chi connectivity index (χ3n) is 9.21. The van der Waals surface area contributed by atoms with Crippen LogP contribution in [-0.2, 0) is 14.3 Å². The zero-order chi connectivity index (χ0) is 33.1. The van der Waals surface area contributed by atoms with Crippen molar-refractivity contribution in [1.29, 1.82) is 0 Å². The Morgan fingerprint density at radius 3 is 1.58 bits per heavy atom. The second-order valence-electron chi connectivity index (χ2n) is 13.4. The molecule has 1 aliphatic heterocycles. The summed E-state index contributed by atoms with van der Waals surface area (Å²) in [7, 11) is 0. The lowest BCUT2D eigenvalue weighted by Crippen LogP contribution is -2.60. The van der Waals surface area contributed by atoms with Crippen LogP contribution in [0, 0.1) is 0 Å². The second kappa shape index (κ2) is 28.2. The van der Waals surface area contributed by atoms with Gasteiger partial charge in [0.25, 0.3) is 0 Å². The lowest BCUT2D eigenvalue weighted by molar-refractivity contribution is -0.302. The van der Waals surface area contributed by atoms with E-state index in [1.165, 1.54) is 103 Å².